The molecule has 0 fully saturated rings. The molecular formula is C13H15N3S. The van der Waals surface area contributed by atoms with E-state index in [4.69, 9.17) is 18.0 Å². The first-order chi connectivity index (χ1) is 8.16. The normalized spacial score (nSPS) is 13.8. The molecule has 1 aliphatic heterocycles. The van der Waals surface area contributed by atoms with Gasteiger partial charge in [-0.25, -0.2) is 0 Å². The van der Waals surface area contributed by atoms with Crippen LogP contribution in [-0.2, 0) is 0 Å². The summed E-state index contributed by atoms with van der Waals surface area (Å²) in [6, 6.07) is 6.15. The van der Waals surface area contributed by atoms with Gasteiger partial charge in [-0.15, -0.1) is 0 Å². The minimum atomic E-state index is 0.287. The summed E-state index contributed by atoms with van der Waals surface area (Å²) in [5.41, 5.74) is 8.65. The van der Waals surface area contributed by atoms with Gasteiger partial charge in [-0.2, -0.15) is 0 Å². The van der Waals surface area contributed by atoms with E-state index in [1.165, 1.54) is 0 Å². The van der Waals surface area contributed by atoms with Crippen molar-refractivity contribution in [2.75, 3.05) is 10.2 Å². The van der Waals surface area contributed by atoms with Gasteiger partial charge in [-0.1, -0.05) is 18.2 Å². The molecule has 0 bridgehead atoms. The highest BCUT2D eigenvalue weighted by atomic mass is 32.1. The summed E-state index contributed by atoms with van der Waals surface area (Å²) in [6.45, 7) is 2.02. The molecule has 0 saturated carbocycles. The number of hydrogen-bond acceptors (Lipinski definition) is 2. The third kappa shape index (κ3) is 2.85. The van der Waals surface area contributed by atoms with E-state index in [2.05, 4.69) is 40.8 Å². The van der Waals surface area contributed by atoms with Crippen LogP contribution in [0, 0.1) is 6.92 Å². The van der Waals surface area contributed by atoms with E-state index in [-0.39, 0.29) is 5.11 Å². The standard InChI is InChI=1S/C13H15N3S/c1-10-5-6-11(9-12(10)15-13(14)17)16-7-3-2-4-8-16/h3-9H,2H2,1H3,(H3,14,15,17). The Morgan fingerprint density at radius 2 is 2.06 bits per heavy atom. The average molecular weight is 245 g/mol. The van der Waals surface area contributed by atoms with Crippen molar-refractivity contribution in [1.82, 2.24) is 0 Å². The van der Waals surface area contributed by atoms with Crippen LogP contribution in [-0.4, -0.2) is 5.11 Å². The van der Waals surface area contributed by atoms with Crippen molar-refractivity contribution in [2.45, 2.75) is 13.3 Å². The van der Waals surface area contributed by atoms with Gasteiger partial charge >= 0.3 is 0 Å². The van der Waals surface area contributed by atoms with Gasteiger partial charge in [0.1, 0.15) is 0 Å². The van der Waals surface area contributed by atoms with Crippen LogP contribution < -0.4 is 16.0 Å². The topological polar surface area (TPSA) is 41.3 Å². The van der Waals surface area contributed by atoms with Crippen LogP contribution in [0.3, 0.4) is 0 Å². The molecule has 0 atom stereocenters. The van der Waals surface area contributed by atoms with Crippen molar-refractivity contribution in [3.63, 3.8) is 0 Å². The van der Waals surface area contributed by atoms with E-state index in [1.54, 1.807) is 0 Å². The smallest absolute Gasteiger partial charge is 0.168 e. The zero-order valence-corrected chi connectivity index (χ0v) is 10.5. The Balaban J connectivity index is 2.29. The highest BCUT2D eigenvalue weighted by Gasteiger charge is 2.05. The van der Waals surface area contributed by atoms with Crippen molar-refractivity contribution in [2.24, 2.45) is 5.73 Å². The zero-order chi connectivity index (χ0) is 12.3. The first kappa shape index (κ1) is 11.7. The van der Waals surface area contributed by atoms with Crippen LogP contribution in [0.5, 0.6) is 0 Å². The summed E-state index contributed by atoms with van der Waals surface area (Å²) >= 11 is 4.86. The van der Waals surface area contributed by atoms with Gasteiger partial charge in [0.15, 0.2) is 5.11 Å². The first-order valence-corrected chi connectivity index (χ1v) is 5.86. The second-order valence-electron chi connectivity index (χ2n) is 3.90. The number of nitrogens with zero attached hydrogens (tertiary/aromatic N) is 1. The Kier molecular flexibility index (Phi) is 3.44. The van der Waals surface area contributed by atoms with Crippen LogP contribution in [0.15, 0.2) is 42.8 Å². The number of thiocarbonyl (C=S) groups is 1. The molecule has 0 radical (unpaired) electrons. The van der Waals surface area contributed by atoms with Crippen LogP contribution in [0.25, 0.3) is 0 Å². The summed E-state index contributed by atoms with van der Waals surface area (Å²) in [6.07, 6.45) is 9.31. The van der Waals surface area contributed by atoms with Crippen LogP contribution in [0.1, 0.15) is 12.0 Å². The molecule has 3 nitrogen and oxygen atoms in total. The number of aryl methyl sites for hydroxylation is 1. The van der Waals surface area contributed by atoms with Gasteiger partial charge in [-0.05, 0) is 43.3 Å². The van der Waals surface area contributed by atoms with E-state index in [1.807, 2.05) is 19.1 Å². The summed E-state index contributed by atoms with van der Waals surface area (Å²) in [5.74, 6) is 0. The van der Waals surface area contributed by atoms with E-state index < -0.39 is 0 Å². The molecule has 0 aliphatic carbocycles. The minimum absolute atomic E-state index is 0.287. The quantitative estimate of drug-likeness (QED) is 0.786. The maximum Gasteiger partial charge on any atom is 0.168 e. The fourth-order valence-corrected chi connectivity index (χ4v) is 1.80. The van der Waals surface area contributed by atoms with E-state index >= 15 is 0 Å². The van der Waals surface area contributed by atoms with Gasteiger partial charge in [0.2, 0.25) is 0 Å². The van der Waals surface area contributed by atoms with E-state index in [0.29, 0.717) is 0 Å². The average Bonchev–Trinajstić information content (AvgIpc) is 2.32. The molecule has 0 unspecified atom stereocenters. The highest BCUT2D eigenvalue weighted by Crippen LogP contribution is 2.25. The lowest BCUT2D eigenvalue weighted by molar-refractivity contribution is 1.18. The van der Waals surface area contributed by atoms with Crippen molar-refractivity contribution in [3.05, 3.63) is 48.3 Å². The molecule has 4 heteroatoms. The molecular weight excluding hydrogens is 230 g/mol. The van der Waals surface area contributed by atoms with Gasteiger partial charge in [0.05, 0.1) is 0 Å². The van der Waals surface area contributed by atoms with Crippen LogP contribution in [0.4, 0.5) is 11.4 Å². The number of rotatable bonds is 2. The number of anilines is 2. The Labute approximate surface area is 107 Å². The largest absolute Gasteiger partial charge is 0.376 e. The molecule has 17 heavy (non-hydrogen) atoms. The number of hydrogen-bond donors (Lipinski definition) is 2. The maximum absolute atomic E-state index is 5.50. The van der Waals surface area contributed by atoms with Crippen molar-refractivity contribution in [3.8, 4) is 0 Å². The van der Waals surface area contributed by atoms with Crippen LogP contribution >= 0.6 is 12.2 Å². The number of nitrogens with two attached hydrogens (primary N) is 1. The van der Waals surface area contributed by atoms with E-state index in [0.717, 1.165) is 23.4 Å². The van der Waals surface area contributed by atoms with Crippen molar-refractivity contribution < 1.29 is 0 Å². The summed E-state index contributed by atoms with van der Waals surface area (Å²) < 4.78 is 0. The molecule has 1 aromatic carbocycles. The molecule has 0 spiro atoms. The molecule has 3 N–H and O–H groups in total. The maximum atomic E-state index is 5.50. The summed E-state index contributed by atoms with van der Waals surface area (Å²) in [4.78, 5) is 2.06. The third-order valence-corrected chi connectivity index (χ3v) is 2.68. The monoisotopic (exact) mass is 245 g/mol. The Morgan fingerprint density at radius 3 is 2.71 bits per heavy atom. The molecule has 0 amide bonds. The Bertz CT molecular complexity index is 479. The number of nitrogens with one attached hydrogen (secondary N) is 1. The number of benzene rings is 1. The highest BCUT2D eigenvalue weighted by molar-refractivity contribution is 7.80. The molecule has 0 saturated heterocycles. The SMILES string of the molecule is Cc1ccc(N2C=CCC=C2)cc1NC(N)=S. The second-order valence-corrected chi connectivity index (χ2v) is 4.34. The molecule has 1 aromatic rings. The first-order valence-electron chi connectivity index (χ1n) is 5.45. The minimum Gasteiger partial charge on any atom is -0.376 e. The predicted molar refractivity (Wildman–Crippen MR) is 77.0 cm³/mol. The lowest BCUT2D eigenvalue weighted by Gasteiger charge is -2.20. The lowest BCUT2D eigenvalue weighted by atomic mass is 10.1. The van der Waals surface area contributed by atoms with E-state index in [9.17, 15) is 0 Å². The second kappa shape index (κ2) is 5.01. The lowest BCUT2D eigenvalue weighted by Crippen LogP contribution is -2.20. The van der Waals surface area contributed by atoms with Crippen molar-refractivity contribution in [1.29, 1.82) is 0 Å². The Morgan fingerprint density at radius 1 is 1.35 bits per heavy atom. The predicted octanol–water partition coefficient (Wildman–Crippen LogP) is 2.89. The third-order valence-electron chi connectivity index (χ3n) is 2.58. The van der Waals surface area contributed by atoms with Crippen LogP contribution in [0.2, 0.25) is 0 Å². The number of allylic oxidation sites excluding steroid dienone is 2. The van der Waals surface area contributed by atoms with Crippen molar-refractivity contribution >= 4 is 28.7 Å². The van der Waals surface area contributed by atoms with Gasteiger partial charge in [-0.3, -0.25) is 0 Å². The van der Waals surface area contributed by atoms with Gasteiger partial charge in [0.25, 0.3) is 0 Å². The van der Waals surface area contributed by atoms with Gasteiger partial charge in [0, 0.05) is 23.8 Å². The zero-order valence-electron chi connectivity index (χ0n) is 9.68. The molecule has 88 valence electrons. The fourth-order valence-electron chi connectivity index (χ4n) is 1.69. The Hall–Kier alpha value is -1.81. The summed E-state index contributed by atoms with van der Waals surface area (Å²) in [7, 11) is 0. The fraction of sp³-hybridized carbons (Fsp3) is 0.154. The molecule has 2 rings (SSSR count). The van der Waals surface area contributed by atoms with Gasteiger partial charge < -0.3 is 16.0 Å². The molecule has 0 aromatic heterocycles. The molecule has 1 aliphatic rings. The molecule has 1 heterocycles. The summed E-state index contributed by atoms with van der Waals surface area (Å²) in [5, 5.41) is 3.27.